The van der Waals surface area contributed by atoms with Crippen LogP contribution in [0.1, 0.15) is 22.3 Å². The number of anilines is 1. The Kier molecular flexibility index (Phi) is 10.5. The first-order chi connectivity index (χ1) is 22.3. The smallest absolute Gasteiger partial charge is 0.262 e. The van der Waals surface area contributed by atoms with Gasteiger partial charge in [0.1, 0.15) is 0 Å². The molecule has 0 saturated heterocycles. The average molecular weight is 635 g/mol. The summed E-state index contributed by atoms with van der Waals surface area (Å²) in [6, 6.07) is 28.7. The van der Waals surface area contributed by atoms with Crippen molar-refractivity contribution in [3.8, 4) is 28.6 Å². The van der Waals surface area contributed by atoms with E-state index in [0.29, 0.717) is 28.0 Å². The lowest BCUT2D eigenvalue weighted by Crippen LogP contribution is -2.21. The number of aryl methyl sites for hydroxylation is 3. The second-order valence-electron chi connectivity index (χ2n) is 10.4. The van der Waals surface area contributed by atoms with Crippen LogP contribution in [-0.2, 0) is 9.59 Å². The fraction of sp³-hybridized carbons (Fsp3) is 0.171. The van der Waals surface area contributed by atoms with E-state index in [1.54, 1.807) is 18.2 Å². The third kappa shape index (κ3) is 7.99. The zero-order valence-electron chi connectivity index (χ0n) is 26.0. The number of methoxy groups -OCH3 is 1. The van der Waals surface area contributed by atoms with Gasteiger partial charge in [-0.1, -0.05) is 78.0 Å². The number of aromatic nitrogens is 3. The average Bonchev–Trinajstić information content (AvgIpc) is 3.49. The number of carbonyl (C=O) groups is 2. The van der Waals surface area contributed by atoms with E-state index in [0.717, 1.165) is 33.6 Å². The molecule has 11 heteroatoms. The number of ether oxygens (including phenoxy) is 2. The first-order valence-corrected chi connectivity index (χ1v) is 15.5. The third-order valence-electron chi connectivity index (χ3n) is 6.90. The minimum absolute atomic E-state index is 0.0803. The maximum absolute atomic E-state index is 12.7. The SMILES string of the molecule is COc1cc(/C=N\NC(=O)CSc2nnc(-c3ccccc3)n2-c2ccccc2)ccc1OCC(=O)Nc1c(C)cc(C)cc1C. The molecule has 2 N–H and O–H groups in total. The largest absolute Gasteiger partial charge is 0.493 e. The second kappa shape index (κ2) is 15.0. The van der Waals surface area contributed by atoms with Crippen molar-refractivity contribution in [3.63, 3.8) is 0 Å². The molecule has 0 atom stereocenters. The van der Waals surface area contributed by atoms with Crippen LogP contribution in [0.2, 0.25) is 0 Å². The van der Waals surface area contributed by atoms with Crippen molar-refractivity contribution in [2.45, 2.75) is 25.9 Å². The van der Waals surface area contributed by atoms with Gasteiger partial charge in [0.2, 0.25) is 0 Å². The van der Waals surface area contributed by atoms with Gasteiger partial charge in [-0.15, -0.1) is 10.2 Å². The summed E-state index contributed by atoms with van der Waals surface area (Å²) in [5.41, 5.74) is 8.94. The molecule has 0 fully saturated rings. The minimum Gasteiger partial charge on any atom is -0.493 e. The molecule has 5 rings (SSSR count). The van der Waals surface area contributed by atoms with Crippen LogP contribution >= 0.6 is 11.8 Å². The lowest BCUT2D eigenvalue weighted by Gasteiger charge is -2.14. The van der Waals surface area contributed by atoms with Gasteiger partial charge in [0.05, 0.1) is 19.1 Å². The second-order valence-corrected chi connectivity index (χ2v) is 11.4. The van der Waals surface area contributed by atoms with Crippen molar-refractivity contribution in [3.05, 3.63) is 113 Å². The number of rotatable bonds is 12. The number of hydrazone groups is 1. The van der Waals surface area contributed by atoms with E-state index >= 15 is 0 Å². The fourth-order valence-electron chi connectivity index (χ4n) is 4.87. The number of carbonyl (C=O) groups excluding carboxylic acids is 2. The van der Waals surface area contributed by atoms with E-state index in [-0.39, 0.29) is 24.2 Å². The van der Waals surface area contributed by atoms with Crippen molar-refractivity contribution in [2.75, 3.05) is 24.8 Å². The predicted molar refractivity (Wildman–Crippen MR) is 181 cm³/mol. The Balaban J connectivity index is 1.17. The topological polar surface area (TPSA) is 120 Å². The summed E-state index contributed by atoms with van der Waals surface area (Å²) in [6.45, 7) is 5.75. The molecule has 4 aromatic carbocycles. The van der Waals surface area contributed by atoms with Gasteiger partial charge in [-0.25, -0.2) is 5.43 Å². The quantitative estimate of drug-likeness (QED) is 0.0963. The van der Waals surface area contributed by atoms with Crippen LogP contribution in [0.3, 0.4) is 0 Å². The normalized spacial score (nSPS) is 11.0. The summed E-state index contributed by atoms with van der Waals surface area (Å²) in [4.78, 5) is 25.3. The van der Waals surface area contributed by atoms with Crippen LogP contribution in [0.15, 0.2) is 101 Å². The lowest BCUT2D eigenvalue weighted by atomic mass is 10.1. The maximum atomic E-state index is 12.7. The van der Waals surface area contributed by atoms with Gasteiger partial charge in [0.25, 0.3) is 11.8 Å². The Morgan fingerprint density at radius 1 is 0.870 bits per heavy atom. The molecule has 0 spiro atoms. The highest BCUT2D eigenvalue weighted by Gasteiger charge is 2.17. The minimum atomic E-state index is -0.304. The highest BCUT2D eigenvalue weighted by atomic mass is 32.2. The molecule has 46 heavy (non-hydrogen) atoms. The van der Waals surface area contributed by atoms with Crippen LogP contribution in [0.4, 0.5) is 5.69 Å². The molecule has 0 saturated carbocycles. The standard InChI is InChI=1S/C35H34N6O4S/c1-23-17-24(2)33(25(3)18-23)37-31(42)21-45-29-16-15-26(19-30(29)44-4)20-36-38-32(43)22-46-35-40-39-34(27-11-7-5-8-12-27)41(35)28-13-9-6-10-14-28/h5-20H,21-22H2,1-4H3,(H,37,42)(H,38,43)/b36-20-. The fourth-order valence-corrected chi connectivity index (χ4v) is 5.61. The van der Waals surface area contributed by atoms with Gasteiger partial charge in [-0.3, -0.25) is 14.2 Å². The number of benzene rings is 4. The van der Waals surface area contributed by atoms with Crippen molar-refractivity contribution < 1.29 is 19.1 Å². The molecule has 0 unspecified atom stereocenters. The molecule has 0 aliphatic rings. The summed E-state index contributed by atoms with van der Waals surface area (Å²) in [7, 11) is 1.51. The van der Waals surface area contributed by atoms with Crippen LogP contribution in [0, 0.1) is 20.8 Å². The first-order valence-electron chi connectivity index (χ1n) is 14.5. The molecule has 1 aromatic heterocycles. The van der Waals surface area contributed by atoms with E-state index in [4.69, 9.17) is 9.47 Å². The molecule has 0 radical (unpaired) electrons. The van der Waals surface area contributed by atoms with Crippen LogP contribution in [-0.4, -0.2) is 52.3 Å². The summed E-state index contributed by atoms with van der Waals surface area (Å²) in [5, 5.41) is 16.4. The number of nitrogens with zero attached hydrogens (tertiary/aromatic N) is 4. The van der Waals surface area contributed by atoms with Gasteiger partial charge in [0, 0.05) is 16.9 Å². The molecular weight excluding hydrogens is 600 g/mol. The number of hydrogen-bond donors (Lipinski definition) is 2. The van der Waals surface area contributed by atoms with Crippen LogP contribution in [0.25, 0.3) is 17.1 Å². The van der Waals surface area contributed by atoms with Gasteiger partial charge in [0.15, 0.2) is 29.1 Å². The monoisotopic (exact) mass is 634 g/mol. The van der Waals surface area contributed by atoms with E-state index in [9.17, 15) is 9.59 Å². The molecule has 2 amide bonds. The third-order valence-corrected chi connectivity index (χ3v) is 7.83. The summed E-state index contributed by atoms with van der Waals surface area (Å²) < 4.78 is 13.1. The number of amides is 2. The van der Waals surface area contributed by atoms with E-state index in [2.05, 4.69) is 26.0 Å². The van der Waals surface area contributed by atoms with Crippen molar-refractivity contribution >= 4 is 35.5 Å². The van der Waals surface area contributed by atoms with Gasteiger partial charge in [-0.05, 0) is 67.8 Å². The van der Waals surface area contributed by atoms with Gasteiger partial charge in [-0.2, -0.15) is 5.10 Å². The maximum Gasteiger partial charge on any atom is 0.262 e. The number of thioether (sulfide) groups is 1. The van der Waals surface area contributed by atoms with E-state index in [1.165, 1.54) is 25.1 Å². The summed E-state index contributed by atoms with van der Waals surface area (Å²) in [5.74, 6) is 1.02. The Bertz CT molecular complexity index is 1840. The number of hydrogen-bond acceptors (Lipinski definition) is 8. The Morgan fingerprint density at radius 3 is 2.26 bits per heavy atom. The molecule has 0 aliphatic carbocycles. The highest BCUT2D eigenvalue weighted by molar-refractivity contribution is 7.99. The van der Waals surface area contributed by atoms with Crippen molar-refractivity contribution in [1.29, 1.82) is 0 Å². The molecule has 5 aromatic rings. The molecular formula is C35H34N6O4S. The Hall–Kier alpha value is -5.42. The Morgan fingerprint density at radius 2 is 1.57 bits per heavy atom. The summed E-state index contributed by atoms with van der Waals surface area (Å²) >= 11 is 1.26. The number of nitrogens with one attached hydrogen (secondary N) is 2. The molecule has 0 bridgehead atoms. The predicted octanol–water partition coefficient (Wildman–Crippen LogP) is 6.13. The highest BCUT2D eigenvalue weighted by Crippen LogP contribution is 2.29. The zero-order chi connectivity index (χ0) is 32.5. The van der Waals surface area contributed by atoms with Gasteiger partial charge < -0.3 is 14.8 Å². The van der Waals surface area contributed by atoms with E-state index < -0.39 is 0 Å². The number of para-hydroxylation sites is 1. The van der Waals surface area contributed by atoms with Crippen molar-refractivity contribution in [1.82, 2.24) is 20.2 Å². The summed E-state index contributed by atoms with van der Waals surface area (Å²) in [6.07, 6.45) is 1.50. The van der Waals surface area contributed by atoms with Crippen molar-refractivity contribution in [2.24, 2.45) is 5.10 Å². The lowest BCUT2D eigenvalue weighted by molar-refractivity contribution is -0.119. The Labute approximate surface area is 271 Å². The van der Waals surface area contributed by atoms with Gasteiger partial charge >= 0.3 is 0 Å². The molecule has 0 aliphatic heterocycles. The van der Waals surface area contributed by atoms with Crippen LogP contribution in [0.5, 0.6) is 11.5 Å². The molecule has 234 valence electrons. The molecule has 1 heterocycles. The van der Waals surface area contributed by atoms with E-state index in [1.807, 2.05) is 98.1 Å². The van der Waals surface area contributed by atoms with Crippen LogP contribution < -0.4 is 20.2 Å². The zero-order valence-corrected chi connectivity index (χ0v) is 26.8. The first kappa shape index (κ1) is 32.0. The molecule has 10 nitrogen and oxygen atoms in total.